The van der Waals surface area contributed by atoms with Gasteiger partial charge in [-0.25, -0.2) is 0 Å². The summed E-state index contributed by atoms with van der Waals surface area (Å²) in [5.41, 5.74) is -1.17. The first-order chi connectivity index (χ1) is 23.2. The highest BCUT2D eigenvalue weighted by Crippen LogP contribution is 2.89. The number of ether oxygens (including phenoxy) is 4. The van der Waals surface area contributed by atoms with Crippen molar-refractivity contribution in [1.82, 2.24) is 9.80 Å². The number of aliphatic hydroxyl groups excluding tert-OH is 1. The number of likely N-dealkylation sites (N-methyl/N-ethyl adjacent to an activating group) is 1. The van der Waals surface area contributed by atoms with E-state index in [1.54, 1.807) is 32.8 Å². The minimum Gasteiger partial charge on any atom is -0.457 e. The van der Waals surface area contributed by atoms with Gasteiger partial charge in [-0.05, 0) is 111 Å². The molecule has 0 aromatic heterocycles. The molecule has 0 bridgehead atoms. The summed E-state index contributed by atoms with van der Waals surface area (Å²) in [6.07, 6.45) is 6.13. The molecule has 0 radical (unpaired) electrons. The van der Waals surface area contributed by atoms with Crippen molar-refractivity contribution in [2.75, 3.05) is 40.3 Å². The van der Waals surface area contributed by atoms with E-state index in [4.69, 9.17) is 18.9 Å². The fourth-order valence-corrected chi connectivity index (χ4v) is 14.0. The lowest BCUT2D eigenvalue weighted by atomic mass is 9.41. The minimum absolute atomic E-state index is 0. The Kier molecular flexibility index (Phi) is 10.2. The van der Waals surface area contributed by atoms with E-state index in [9.17, 15) is 19.8 Å². The topological polar surface area (TPSA) is 118 Å². The number of hydrogen-bond donors (Lipinski definition) is 2. The number of carbonyl (C=O) groups excluding carboxylic acids is 2. The molecule has 0 aromatic carbocycles. The van der Waals surface area contributed by atoms with Gasteiger partial charge in [0.05, 0.1) is 49.7 Å². The van der Waals surface area contributed by atoms with Crippen LogP contribution in [0.3, 0.4) is 0 Å². The molecule has 7 rings (SSSR count). The van der Waals surface area contributed by atoms with E-state index in [0.29, 0.717) is 38.0 Å². The second kappa shape index (κ2) is 13.0. The van der Waals surface area contributed by atoms with Crippen molar-refractivity contribution in [3.63, 3.8) is 0 Å². The van der Waals surface area contributed by atoms with E-state index in [1.807, 2.05) is 0 Å². The zero-order chi connectivity index (χ0) is 36.4. The zero-order valence-corrected chi connectivity index (χ0v) is 33.7. The maximum absolute atomic E-state index is 12.6. The summed E-state index contributed by atoms with van der Waals surface area (Å²) in [6.45, 7) is 19.0. The number of fused-ring (bicyclic) bond motifs is 4. The maximum atomic E-state index is 12.6. The summed E-state index contributed by atoms with van der Waals surface area (Å²) in [5.74, 6) is 1.09. The molecule has 7 aliphatic rings. The fraction of sp³-hybridized carbons (Fsp3) is 0.950. The number of rotatable bonds is 7. The van der Waals surface area contributed by atoms with Crippen LogP contribution in [0, 0.1) is 50.7 Å². The van der Waals surface area contributed by atoms with Crippen molar-refractivity contribution in [3.05, 3.63) is 0 Å². The van der Waals surface area contributed by atoms with E-state index in [0.717, 1.165) is 38.6 Å². The SMILES string of the molecule is CC(=O)O[C@@H]([C@H]1C[C@@H](C)C2C(O1)[C@H](O)[C@@]1(C)[C@@H]3CC[C@H]4C(C)(C)[C@@H](OC5CN(CC(=O)N(C)C)CCO5)CC[C@@]45C[C@@]35CC[C@]21C)C(C)(C)O.Cl. The second-order valence-corrected chi connectivity index (χ2v) is 19.7. The van der Waals surface area contributed by atoms with Crippen molar-refractivity contribution >= 4 is 24.3 Å². The van der Waals surface area contributed by atoms with Crippen molar-refractivity contribution in [2.24, 2.45) is 50.7 Å². The number of hydrogen-bond acceptors (Lipinski definition) is 9. The number of morpholine rings is 1. The smallest absolute Gasteiger partial charge is 0.303 e. The molecule has 51 heavy (non-hydrogen) atoms. The number of amides is 1. The van der Waals surface area contributed by atoms with Crippen LogP contribution in [0.25, 0.3) is 0 Å². The average Bonchev–Trinajstić information content (AvgIpc) is 3.65. The first kappa shape index (κ1) is 39.7. The van der Waals surface area contributed by atoms with E-state index >= 15 is 0 Å². The van der Waals surface area contributed by atoms with Crippen LogP contribution in [0.4, 0.5) is 0 Å². The van der Waals surface area contributed by atoms with Gasteiger partial charge in [-0.3, -0.25) is 14.5 Å². The summed E-state index contributed by atoms with van der Waals surface area (Å²) in [6, 6.07) is 0. The lowest BCUT2D eigenvalue weighted by Gasteiger charge is -2.64. The molecule has 1 amide bonds. The Morgan fingerprint density at radius 1 is 1.04 bits per heavy atom. The molecule has 5 saturated carbocycles. The molecule has 2 spiro atoms. The van der Waals surface area contributed by atoms with Gasteiger partial charge in [0.2, 0.25) is 5.91 Å². The Balaban J connectivity index is 0.00000448. The molecule has 0 aromatic rings. The summed E-state index contributed by atoms with van der Waals surface area (Å²) in [5, 5.41) is 23.6. The van der Waals surface area contributed by atoms with Crippen LogP contribution in [0.1, 0.15) is 107 Å². The second-order valence-electron chi connectivity index (χ2n) is 19.7. The van der Waals surface area contributed by atoms with Crippen LogP contribution in [-0.4, -0.2) is 115 Å². The third-order valence-electron chi connectivity index (χ3n) is 16.4. The molecule has 10 nitrogen and oxygen atoms in total. The molecule has 2 heterocycles. The predicted molar refractivity (Wildman–Crippen MR) is 195 cm³/mol. The minimum atomic E-state index is -1.27. The van der Waals surface area contributed by atoms with Crippen molar-refractivity contribution in [3.8, 4) is 0 Å². The van der Waals surface area contributed by atoms with Crippen molar-refractivity contribution < 1.29 is 38.7 Å². The van der Waals surface area contributed by atoms with Gasteiger partial charge < -0.3 is 34.1 Å². The van der Waals surface area contributed by atoms with Gasteiger partial charge in [0.25, 0.3) is 0 Å². The number of halogens is 1. The van der Waals surface area contributed by atoms with Crippen LogP contribution < -0.4 is 0 Å². The van der Waals surface area contributed by atoms with E-state index in [2.05, 4.69) is 39.5 Å². The quantitative estimate of drug-likeness (QED) is 0.346. The Bertz CT molecular complexity index is 1360. The number of aliphatic hydroxyl groups is 2. The summed E-state index contributed by atoms with van der Waals surface area (Å²) in [4.78, 5) is 28.3. The lowest BCUT2D eigenvalue weighted by molar-refractivity contribution is -0.248. The van der Waals surface area contributed by atoms with Gasteiger partial charge in [0.1, 0.15) is 0 Å². The Morgan fingerprint density at radius 3 is 2.35 bits per heavy atom. The highest BCUT2D eigenvalue weighted by atomic mass is 35.5. The average molecular weight is 739 g/mol. The van der Waals surface area contributed by atoms with Gasteiger partial charge in [0, 0.05) is 33.0 Å². The van der Waals surface area contributed by atoms with Crippen LogP contribution >= 0.6 is 12.4 Å². The summed E-state index contributed by atoms with van der Waals surface area (Å²) in [7, 11) is 3.60. The molecule has 7 fully saturated rings. The predicted octanol–water partition coefficient (Wildman–Crippen LogP) is 5.06. The maximum Gasteiger partial charge on any atom is 0.303 e. The normalized spacial score (nSPS) is 47.6. The van der Waals surface area contributed by atoms with E-state index in [-0.39, 0.29) is 75.7 Å². The standard InChI is InChI=1S/C40H66N2O8.ClH/c1-23-19-25(34(36(5,6)46)48-24(2)43)49-32-31(23)37(7)15-16-40-22-39(40)14-13-28(50-30-21-42(17-18-47-30)20-29(44)41(9)10)35(3,4)26(39)11-12-27(40)38(37,8)33(32)45;/h23,25-28,30-34,45-46H,11-22H2,1-10H3;1H/t23-,25-,26+,27+,28+,30?,31?,32?,33+,34+,37-,38-,39-,40+;/m1./s1. The Morgan fingerprint density at radius 2 is 1.71 bits per heavy atom. The molecule has 11 heteroatoms. The Labute approximate surface area is 312 Å². The summed E-state index contributed by atoms with van der Waals surface area (Å²) >= 11 is 0. The number of esters is 1. The van der Waals surface area contributed by atoms with E-state index < -0.39 is 29.9 Å². The lowest BCUT2D eigenvalue weighted by Crippen LogP contribution is -2.60. The van der Waals surface area contributed by atoms with Gasteiger partial charge in [-0.15, -0.1) is 12.4 Å². The van der Waals surface area contributed by atoms with Crippen molar-refractivity contribution in [2.45, 2.75) is 149 Å². The zero-order valence-electron chi connectivity index (χ0n) is 32.9. The molecule has 3 unspecified atom stereocenters. The molecule has 14 atom stereocenters. The monoisotopic (exact) mass is 738 g/mol. The first-order valence-corrected chi connectivity index (χ1v) is 19.7. The Hall–Kier alpha value is -1.01. The molecule has 2 saturated heterocycles. The van der Waals surface area contributed by atoms with Crippen molar-refractivity contribution in [1.29, 1.82) is 0 Å². The van der Waals surface area contributed by atoms with Crippen LogP contribution in [0.2, 0.25) is 0 Å². The van der Waals surface area contributed by atoms with Crippen LogP contribution in [0.15, 0.2) is 0 Å². The van der Waals surface area contributed by atoms with Crippen LogP contribution in [0.5, 0.6) is 0 Å². The van der Waals surface area contributed by atoms with E-state index in [1.165, 1.54) is 19.8 Å². The van der Waals surface area contributed by atoms with Crippen LogP contribution in [-0.2, 0) is 28.5 Å². The molecular weight excluding hydrogens is 672 g/mol. The summed E-state index contributed by atoms with van der Waals surface area (Å²) < 4.78 is 25.5. The largest absolute Gasteiger partial charge is 0.457 e. The van der Waals surface area contributed by atoms with Gasteiger partial charge in [0.15, 0.2) is 12.4 Å². The van der Waals surface area contributed by atoms with Gasteiger partial charge in [-0.1, -0.05) is 34.6 Å². The third kappa shape index (κ3) is 5.76. The number of carbonyl (C=O) groups is 2. The molecule has 2 aliphatic heterocycles. The third-order valence-corrected chi connectivity index (χ3v) is 16.4. The highest BCUT2D eigenvalue weighted by molar-refractivity contribution is 5.85. The molecule has 292 valence electrons. The molecule has 5 aliphatic carbocycles. The fourth-order valence-electron chi connectivity index (χ4n) is 14.0. The molecular formula is C40H67ClN2O8. The molecule has 2 N–H and O–H groups in total. The van der Waals surface area contributed by atoms with Gasteiger partial charge >= 0.3 is 5.97 Å². The first-order valence-electron chi connectivity index (χ1n) is 19.7. The van der Waals surface area contributed by atoms with Gasteiger partial charge in [-0.2, -0.15) is 0 Å². The number of nitrogens with zero attached hydrogens (tertiary/aromatic N) is 2. The highest BCUT2D eigenvalue weighted by Gasteiger charge is 2.84.